The third-order valence-corrected chi connectivity index (χ3v) is 3.30. The van der Waals surface area contributed by atoms with Gasteiger partial charge in [0.1, 0.15) is 0 Å². The molecule has 0 saturated heterocycles. The van der Waals surface area contributed by atoms with Crippen LogP contribution in [0.1, 0.15) is 13.8 Å². The second-order valence-corrected chi connectivity index (χ2v) is 4.85. The van der Waals surface area contributed by atoms with E-state index < -0.39 is 22.2 Å². The van der Waals surface area contributed by atoms with E-state index >= 15 is 0 Å². The molecule has 1 aromatic rings. The maximum atomic E-state index is 13.5. The first-order valence-corrected chi connectivity index (χ1v) is 6.37. The minimum absolute atomic E-state index is 0.0842. The molecule has 0 aliphatic carbocycles. The van der Waals surface area contributed by atoms with E-state index in [-0.39, 0.29) is 24.2 Å². The summed E-state index contributed by atoms with van der Waals surface area (Å²) in [7, 11) is 0. The van der Waals surface area contributed by atoms with Gasteiger partial charge in [-0.2, -0.15) is 17.0 Å². The van der Waals surface area contributed by atoms with Crippen LogP contribution in [0.15, 0.2) is 12.1 Å². The third kappa shape index (κ3) is 4.05. The minimum atomic E-state index is -1.12. The molecule has 0 radical (unpaired) electrons. The van der Waals surface area contributed by atoms with Crippen molar-refractivity contribution in [2.75, 3.05) is 12.4 Å². The summed E-state index contributed by atoms with van der Waals surface area (Å²) < 4.78 is 32.1. The molecule has 0 spiro atoms. The Hall–Kier alpha value is -1.37. The van der Waals surface area contributed by atoms with E-state index in [0.717, 1.165) is 0 Å². The Morgan fingerprint density at radius 1 is 1.37 bits per heavy atom. The molecule has 0 aliphatic rings. The van der Waals surface area contributed by atoms with Crippen molar-refractivity contribution in [3.05, 3.63) is 33.9 Å². The van der Waals surface area contributed by atoms with Crippen molar-refractivity contribution in [3.63, 3.8) is 0 Å². The Bertz CT molecular complexity index is 469. The van der Waals surface area contributed by atoms with Gasteiger partial charge in [0, 0.05) is 12.0 Å². The van der Waals surface area contributed by atoms with Gasteiger partial charge in [0.15, 0.2) is 11.6 Å². The number of halogens is 2. The van der Waals surface area contributed by atoms with Gasteiger partial charge in [-0.3, -0.25) is 10.1 Å². The molecule has 19 heavy (non-hydrogen) atoms. The van der Waals surface area contributed by atoms with Crippen LogP contribution in [0.2, 0.25) is 0 Å². The van der Waals surface area contributed by atoms with Crippen molar-refractivity contribution >= 4 is 18.3 Å². The van der Waals surface area contributed by atoms with Crippen LogP contribution in [0.5, 0.6) is 5.75 Å². The number of nitro benzene ring substituents is 1. The number of hydrogen-bond donors (Lipinski definition) is 1. The summed E-state index contributed by atoms with van der Waals surface area (Å²) in [6.45, 7) is 4.11. The number of nitrogens with zero attached hydrogens (tertiary/aromatic N) is 1. The van der Waals surface area contributed by atoms with Crippen molar-refractivity contribution in [2.45, 2.75) is 13.8 Å². The zero-order valence-electron chi connectivity index (χ0n) is 10.6. The first kappa shape index (κ1) is 15.7. The monoisotopic (exact) mass is 291 g/mol. The molecular weight excluding hydrogens is 276 g/mol. The molecule has 0 bridgehead atoms. The Morgan fingerprint density at radius 3 is 2.47 bits per heavy atom. The molecule has 4 nitrogen and oxygen atoms in total. The van der Waals surface area contributed by atoms with Crippen LogP contribution >= 0.6 is 12.6 Å². The van der Waals surface area contributed by atoms with Gasteiger partial charge < -0.3 is 4.74 Å². The third-order valence-electron chi connectivity index (χ3n) is 2.83. The molecule has 0 aliphatic heterocycles. The van der Waals surface area contributed by atoms with Gasteiger partial charge in [0.2, 0.25) is 5.82 Å². The van der Waals surface area contributed by atoms with E-state index in [1.54, 1.807) is 0 Å². The number of nitro groups is 1. The average molecular weight is 291 g/mol. The van der Waals surface area contributed by atoms with Gasteiger partial charge in [0.05, 0.1) is 17.6 Å². The van der Waals surface area contributed by atoms with Crippen LogP contribution in [0.4, 0.5) is 14.5 Å². The number of hydrogen-bond acceptors (Lipinski definition) is 4. The molecule has 0 aromatic heterocycles. The summed E-state index contributed by atoms with van der Waals surface area (Å²) in [4.78, 5) is 9.46. The predicted molar refractivity (Wildman–Crippen MR) is 70.7 cm³/mol. The first-order chi connectivity index (χ1) is 8.86. The molecule has 0 fully saturated rings. The van der Waals surface area contributed by atoms with E-state index in [9.17, 15) is 18.9 Å². The summed E-state index contributed by atoms with van der Waals surface area (Å²) in [5, 5.41) is 10.4. The fraction of sp³-hybridized carbons (Fsp3) is 0.500. The average Bonchev–Trinajstić information content (AvgIpc) is 2.32. The lowest BCUT2D eigenvalue weighted by atomic mass is 9.99. The minimum Gasteiger partial charge on any atom is -0.490 e. The van der Waals surface area contributed by atoms with Gasteiger partial charge >= 0.3 is 5.69 Å². The molecule has 1 rings (SSSR count). The molecule has 1 unspecified atom stereocenters. The zero-order valence-corrected chi connectivity index (χ0v) is 11.5. The lowest BCUT2D eigenvalue weighted by Crippen LogP contribution is -2.19. The smallest absolute Gasteiger partial charge is 0.307 e. The molecule has 1 aromatic carbocycles. The van der Waals surface area contributed by atoms with E-state index in [0.29, 0.717) is 17.9 Å². The normalized spacial score (nSPS) is 12.5. The summed E-state index contributed by atoms with van der Waals surface area (Å²) in [6.07, 6.45) is 0. The van der Waals surface area contributed by atoms with Crippen LogP contribution < -0.4 is 4.74 Å². The van der Waals surface area contributed by atoms with Gasteiger partial charge in [0.25, 0.3) is 0 Å². The highest BCUT2D eigenvalue weighted by atomic mass is 32.1. The van der Waals surface area contributed by atoms with Crippen LogP contribution in [0.3, 0.4) is 0 Å². The Kier molecular flexibility index (Phi) is 5.53. The summed E-state index contributed by atoms with van der Waals surface area (Å²) >= 11 is 4.15. The first-order valence-electron chi connectivity index (χ1n) is 5.73. The van der Waals surface area contributed by atoms with Crippen LogP contribution in [-0.4, -0.2) is 17.3 Å². The lowest BCUT2D eigenvalue weighted by Gasteiger charge is -2.19. The lowest BCUT2D eigenvalue weighted by molar-refractivity contribution is -0.387. The van der Waals surface area contributed by atoms with E-state index in [4.69, 9.17) is 4.74 Å². The second-order valence-electron chi connectivity index (χ2n) is 4.49. The molecule has 0 heterocycles. The van der Waals surface area contributed by atoms with Crippen LogP contribution in [0.25, 0.3) is 0 Å². The standard InChI is InChI=1S/C12H15F2NO3S/c1-7(2)8(6-19)5-18-12-4-9(13)11(15(16)17)3-10(12)14/h3-4,7-8,19H,5-6H2,1-2H3. The number of ether oxygens (including phenoxy) is 1. The molecular formula is C12H15F2NO3S. The molecule has 0 amide bonds. The van der Waals surface area contributed by atoms with Crippen molar-refractivity contribution in [1.29, 1.82) is 0 Å². The van der Waals surface area contributed by atoms with Crippen molar-refractivity contribution in [1.82, 2.24) is 0 Å². The van der Waals surface area contributed by atoms with Gasteiger partial charge in [-0.15, -0.1) is 0 Å². The highest BCUT2D eigenvalue weighted by Gasteiger charge is 2.20. The molecule has 0 N–H and O–H groups in total. The highest BCUT2D eigenvalue weighted by Crippen LogP contribution is 2.27. The fourth-order valence-electron chi connectivity index (χ4n) is 1.42. The number of benzene rings is 1. The number of rotatable bonds is 6. The molecule has 0 saturated carbocycles. The molecule has 1 atom stereocenters. The second kappa shape index (κ2) is 6.70. The van der Waals surface area contributed by atoms with Crippen LogP contribution in [0, 0.1) is 33.6 Å². The van der Waals surface area contributed by atoms with Gasteiger partial charge in [-0.1, -0.05) is 13.8 Å². The van der Waals surface area contributed by atoms with E-state index in [1.165, 1.54) is 0 Å². The number of thiol groups is 1. The van der Waals surface area contributed by atoms with Gasteiger partial charge in [-0.05, 0) is 11.7 Å². The fourth-order valence-corrected chi connectivity index (χ4v) is 1.95. The van der Waals surface area contributed by atoms with Crippen LogP contribution in [-0.2, 0) is 0 Å². The maximum absolute atomic E-state index is 13.5. The Balaban J connectivity index is 2.85. The van der Waals surface area contributed by atoms with E-state index in [2.05, 4.69) is 12.6 Å². The topological polar surface area (TPSA) is 52.4 Å². The quantitative estimate of drug-likeness (QED) is 0.496. The Labute approximate surface area is 115 Å². The predicted octanol–water partition coefficient (Wildman–Crippen LogP) is 3.45. The summed E-state index contributed by atoms with van der Waals surface area (Å²) in [5.74, 6) is -1.47. The molecule has 7 heteroatoms. The van der Waals surface area contributed by atoms with Crippen molar-refractivity contribution < 1.29 is 18.4 Å². The Morgan fingerprint density at radius 2 is 2.00 bits per heavy atom. The highest BCUT2D eigenvalue weighted by molar-refractivity contribution is 7.80. The van der Waals surface area contributed by atoms with Gasteiger partial charge in [-0.25, -0.2) is 4.39 Å². The van der Waals surface area contributed by atoms with Crippen molar-refractivity contribution in [3.8, 4) is 5.75 Å². The zero-order chi connectivity index (χ0) is 14.6. The summed E-state index contributed by atoms with van der Waals surface area (Å²) in [6, 6.07) is 1.22. The largest absolute Gasteiger partial charge is 0.490 e. The van der Waals surface area contributed by atoms with E-state index in [1.807, 2.05) is 13.8 Å². The summed E-state index contributed by atoms with van der Waals surface area (Å²) in [5.41, 5.74) is -0.903. The molecule has 106 valence electrons. The maximum Gasteiger partial charge on any atom is 0.307 e. The SMILES string of the molecule is CC(C)C(CS)COc1cc(F)c([N+](=O)[O-])cc1F. The van der Waals surface area contributed by atoms with Crippen molar-refractivity contribution in [2.24, 2.45) is 11.8 Å².